The summed E-state index contributed by atoms with van der Waals surface area (Å²) in [6.45, 7) is 4.77. The Balaban J connectivity index is 1.45. The van der Waals surface area contributed by atoms with E-state index in [4.69, 9.17) is 9.47 Å². The molecule has 38 heavy (non-hydrogen) atoms. The second-order valence-electron chi connectivity index (χ2n) is 10.9. The van der Waals surface area contributed by atoms with Gasteiger partial charge in [0.05, 0.1) is 11.5 Å². The summed E-state index contributed by atoms with van der Waals surface area (Å²) >= 11 is 0. The summed E-state index contributed by atoms with van der Waals surface area (Å²) in [6, 6.07) is 16.7. The lowest BCUT2D eigenvalue weighted by Crippen LogP contribution is -2.17. The number of nitriles is 1. The zero-order valence-corrected chi connectivity index (χ0v) is 23.7. The molecule has 1 fully saturated rings. The lowest BCUT2D eigenvalue weighted by Gasteiger charge is -2.13. The molecule has 1 aliphatic heterocycles. The number of ether oxygens (including phenoxy) is 2. The summed E-state index contributed by atoms with van der Waals surface area (Å²) in [4.78, 5) is 12.3. The average Bonchev–Trinajstić information content (AvgIpc) is 3.30. The molecule has 0 N–H and O–H groups in total. The number of rotatable bonds is 18. The molecule has 4 nitrogen and oxygen atoms in total. The van der Waals surface area contributed by atoms with Gasteiger partial charge in [-0.3, -0.25) is 4.79 Å². The van der Waals surface area contributed by atoms with Crippen LogP contribution in [0.4, 0.5) is 0 Å². The largest absolute Gasteiger partial charge is 0.488 e. The van der Waals surface area contributed by atoms with Gasteiger partial charge in [0, 0.05) is 6.42 Å². The normalized spacial score (nSPS) is 16.8. The molecule has 0 aliphatic carbocycles. The standard InChI is InChI=1S/C34H47NO3/c1-3-5-7-9-11-13-15-27-17-19-28(20-18-27)29-21-22-33(31(23-29)25-35)37-26-32-24-30(34(36)38-32)16-14-12-10-8-6-4-2/h17-23,30,32H,3-16,24,26H2,1-2H3. The number of cyclic esters (lactones) is 1. The molecule has 0 amide bonds. The monoisotopic (exact) mass is 517 g/mol. The Morgan fingerprint density at radius 2 is 1.47 bits per heavy atom. The van der Waals surface area contributed by atoms with Crippen LogP contribution in [0.2, 0.25) is 0 Å². The van der Waals surface area contributed by atoms with Crippen LogP contribution in [-0.2, 0) is 16.0 Å². The van der Waals surface area contributed by atoms with Crippen molar-refractivity contribution in [2.75, 3.05) is 6.61 Å². The molecule has 0 spiro atoms. The van der Waals surface area contributed by atoms with Crippen LogP contribution >= 0.6 is 0 Å². The van der Waals surface area contributed by atoms with E-state index in [1.165, 1.54) is 76.2 Å². The smallest absolute Gasteiger partial charge is 0.309 e. The zero-order valence-electron chi connectivity index (χ0n) is 23.7. The Morgan fingerprint density at radius 3 is 2.16 bits per heavy atom. The lowest BCUT2D eigenvalue weighted by atomic mass is 9.97. The lowest BCUT2D eigenvalue weighted by molar-refractivity contribution is -0.145. The van der Waals surface area contributed by atoms with E-state index in [1.807, 2.05) is 18.2 Å². The van der Waals surface area contributed by atoms with Crippen LogP contribution in [0.3, 0.4) is 0 Å². The van der Waals surface area contributed by atoms with Gasteiger partial charge in [-0.1, -0.05) is 115 Å². The quantitative estimate of drug-likeness (QED) is 0.146. The number of esters is 1. The minimum atomic E-state index is -0.238. The van der Waals surface area contributed by atoms with E-state index in [0.717, 1.165) is 30.4 Å². The van der Waals surface area contributed by atoms with Gasteiger partial charge in [0.25, 0.3) is 0 Å². The summed E-state index contributed by atoms with van der Waals surface area (Å²) < 4.78 is 11.5. The third-order valence-electron chi connectivity index (χ3n) is 7.70. The number of benzene rings is 2. The highest BCUT2D eigenvalue weighted by Crippen LogP contribution is 2.30. The van der Waals surface area contributed by atoms with Gasteiger partial charge in [0.2, 0.25) is 0 Å². The van der Waals surface area contributed by atoms with Crippen molar-refractivity contribution in [2.45, 2.75) is 116 Å². The highest BCUT2D eigenvalue weighted by molar-refractivity contribution is 5.74. The first-order valence-electron chi connectivity index (χ1n) is 15.1. The van der Waals surface area contributed by atoms with Crippen molar-refractivity contribution < 1.29 is 14.3 Å². The minimum Gasteiger partial charge on any atom is -0.488 e. The van der Waals surface area contributed by atoms with Gasteiger partial charge < -0.3 is 9.47 Å². The fourth-order valence-corrected chi connectivity index (χ4v) is 5.31. The van der Waals surface area contributed by atoms with Crippen LogP contribution in [0, 0.1) is 17.2 Å². The van der Waals surface area contributed by atoms with Crippen LogP contribution in [0.5, 0.6) is 5.75 Å². The summed E-state index contributed by atoms with van der Waals surface area (Å²) in [7, 11) is 0. The van der Waals surface area contributed by atoms with E-state index in [1.54, 1.807) is 0 Å². The van der Waals surface area contributed by atoms with Gasteiger partial charge in [-0.25, -0.2) is 0 Å². The van der Waals surface area contributed by atoms with Gasteiger partial charge in [-0.15, -0.1) is 0 Å². The number of hydrogen-bond acceptors (Lipinski definition) is 4. The molecule has 0 bridgehead atoms. The molecule has 2 unspecified atom stereocenters. The molecule has 1 aliphatic rings. The van der Waals surface area contributed by atoms with Gasteiger partial charge in [-0.05, 0) is 48.1 Å². The Bertz CT molecular complexity index is 1010. The molecular weight excluding hydrogens is 470 g/mol. The number of hydrogen-bond donors (Lipinski definition) is 0. The third kappa shape index (κ3) is 9.82. The Hall–Kier alpha value is -2.80. The van der Waals surface area contributed by atoms with E-state index in [2.05, 4.69) is 44.2 Å². The number of aryl methyl sites for hydroxylation is 1. The van der Waals surface area contributed by atoms with Gasteiger partial charge in [0.15, 0.2) is 0 Å². The molecule has 2 aromatic carbocycles. The molecule has 206 valence electrons. The molecule has 3 rings (SSSR count). The topological polar surface area (TPSA) is 59.3 Å². The van der Waals surface area contributed by atoms with Crippen molar-refractivity contribution in [3.63, 3.8) is 0 Å². The summed E-state index contributed by atoms with van der Waals surface area (Å²) in [5.74, 6) is 0.436. The molecule has 4 heteroatoms. The van der Waals surface area contributed by atoms with E-state index in [0.29, 0.717) is 24.3 Å². The van der Waals surface area contributed by atoms with E-state index < -0.39 is 0 Å². The average molecular weight is 518 g/mol. The van der Waals surface area contributed by atoms with Crippen molar-refractivity contribution in [2.24, 2.45) is 5.92 Å². The first-order chi connectivity index (χ1) is 18.6. The highest BCUT2D eigenvalue weighted by atomic mass is 16.6. The van der Waals surface area contributed by atoms with Gasteiger partial charge >= 0.3 is 5.97 Å². The third-order valence-corrected chi connectivity index (χ3v) is 7.70. The number of nitrogens with zero attached hydrogens (tertiary/aromatic N) is 1. The predicted molar refractivity (Wildman–Crippen MR) is 155 cm³/mol. The SMILES string of the molecule is CCCCCCCCc1ccc(-c2ccc(OCC3CC(CCCCCCCC)C(=O)O3)c(C#N)c2)cc1. The Kier molecular flexibility index (Phi) is 13.2. The molecule has 1 saturated heterocycles. The molecule has 2 atom stereocenters. The number of unbranched alkanes of at least 4 members (excludes halogenated alkanes) is 10. The number of carbonyl (C=O) groups excluding carboxylic acids is 1. The van der Waals surface area contributed by atoms with Crippen LogP contribution in [0.1, 0.15) is 115 Å². The van der Waals surface area contributed by atoms with Crippen LogP contribution in [0.25, 0.3) is 11.1 Å². The summed E-state index contributed by atoms with van der Waals surface area (Å²) in [5.41, 5.74) is 3.98. The Morgan fingerprint density at radius 1 is 0.842 bits per heavy atom. The first kappa shape index (κ1) is 29.8. The van der Waals surface area contributed by atoms with Crippen molar-refractivity contribution in [3.8, 4) is 22.9 Å². The van der Waals surface area contributed by atoms with Crippen LogP contribution in [0.15, 0.2) is 42.5 Å². The van der Waals surface area contributed by atoms with Crippen molar-refractivity contribution in [1.82, 2.24) is 0 Å². The van der Waals surface area contributed by atoms with E-state index in [9.17, 15) is 10.1 Å². The summed E-state index contributed by atoms with van der Waals surface area (Å²) in [5, 5.41) is 9.74. The second-order valence-corrected chi connectivity index (χ2v) is 10.9. The fourth-order valence-electron chi connectivity index (χ4n) is 5.31. The first-order valence-corrected chi connectivity index (χ1v) is 15.1. The molecule has 0 radical (unpaired) electrons. The van der Waals surface area contributed by atoms with Gasteiger partial charge in [0.1, 0.15) is 24.5 Å². The van der Waals surface area contributed by atoms with E-state index in [-0.39, 0.29) is 18.0 Å². The molecule has 2 aromatic rings. The molecule has 0 saturated carbocycles. The van der Waals surface area contributed by atoms with Crippen LogP contribution < -0.4 is 4.74 Å². The van der Waals surface area contributed by atoms with Crippen molar-refractivity contribution in [1.29, 1.82) is 5.26 Å². The maximum atomic E-state index is 12.3. The number of carbonyl (C=O) groups is 1. The fraction of sp³-hybridized carbons (Fsp3) is 0.588. The van der Waals surface area contributed by atoms with E-state index >= 15 is 0 Å². The molecule has 1 heterocycles. The second kappa shape index (κ2) is 16.9. The minimum absolute atomic E-state index is 0.0170. The zero-order chi connectivity index (χ0) is 27.0. The maximum absolute atomic E-state index is 12.3. The summed E-state index contributed by atoms with van der Waals surface area (Å²) in [6.07, 6.45) is 17.7. The molecule has 0 aromatic heterocycles. The predicted octanol–water partition coefficient (Wildman–Crippen LogP) is 9.19. The van der Waals surface area contributed by atoms with Gasteiger partial charge in [-0.2, -0.15) is 5.26 Å². The van der Waals surface area contributed by atoms with Crippen molar-refractivity contribution >= 4 is 5.97 Å². The van der Waals surface area contributed by atoms with Crippen molar-refractivity contribution in [3.05, 3.63) is 53.6 Å². The molecular formula is C34H47NO3. The highest BCUT2D eigenvalue weighted by Gasteiger charge is 2.34. The maximum Gasteiger partial charge on any atom is 0.309 e. The van der Waals surface area contributed by atoms with Crippen LogP contribution in [-0.4, -0.2) is 18.7 Å². The Labute approximate surface area is 230 Å².